The zero-order valence-corrected chi connectivity index (χ0v) is 15.8. The molecule has 7 heteroatoms. The minimum Gasteiger partial charge on any atom is -0.348 e. The Morgan fingerprint density at radius 3 is 2.41 bits per heavy atom. The van der Waals surface area contributed by atoms with Crippen molar-refractivity contribution in [1.82, 2.24) is 15.5 Å². The number of carbonyl (C=O) groups is 3. The molecule has 27 heavy (non-hydrogen) atoms. The van der Waals surface area contributed by atoms with E-state index >= 15 is 0 Å². The maximum Gasteiger partial charge on any atom is 0.325 e. The molecule has 140 valence electrons. The number of halogens is 1. The number of benzene rings is 2. The van der Waals surface area contributed by atoms with Crippen LogP contribution in [0.2, 0.25) is 5.02 Å². The SMILES string of the molecule is C[C@H](NC(=O)CN1C(=O)N[C@@](C)(c2ccc(Cl)cc2)C1=O)c1ccccc1. The quantitative estimate of drug-likeness (QED) is 0.776. The van der Waals surface area contributed by atoms with E-state index in [4.69, 9.17) is 11.6 Å². The third-order valence-corrected chi connectivity index (χ3v) is 4.93. The number of rotatable bonds is 5. The molecule has 0 aliphatic carbocycles. The molecule has 0 bridgehead atoms. The van der Waals surface area contributed by atoms with Crippen molar-refractivity contribution in [2.45, 2.75) is 25.4 Å². The normalized spacial score (nSPS) is 20.3. The van der Waals surface area contributed by atoms with Crippen LogP contribution in [0.15, 0.2) is 54.6 Å². The molecule has 1 saturated heterocycles. The van der Waals surface area contributed by atoms with E-state index in [9.17, 15) is 14.4 Å². The molecule has 1 fully saturated rings. The summed E-state index contributed by atoms with van der Waals surface area (Å²) < 4.78 is 0. The second-order valence-electron chi connectivity index (χ2n) is 6.65. The van der Waals surface area contributed by atoms with Gasteiger partial charge in [-0.1, -0.05) is 54.1 Å². The first-order valence-electron chi connectivity index (χ1n) is 8.56. The van der Waals surface area contributed by atoms with Gasteiger partial charge in [0.2, 0.25) is 5.91 Å². The summed E-state index contributed by atoms with van der Waals surface area (Å²) in [4.78, 5) is 38.5. The number of imide groups is 1. The molecule has 1 aliphatic rings. The molecule has 2 aromatic carbocycles. The second-order valence-corrected chi connectivity index (χ2v) is 7.09. The molecule has 1 aliphatic heterocycles. The van der Waals surface area contributed by atoms with Crippen LogP contribution in [0.1, 0.15) is 31.0 Å². The van der Waals surface area contributed by atoms with Crippen LogP contribution >= 0.6 is 11.6 Å². The highest BCUT2D eigenvalue weighted by Crippen LogP contribution is 2.29. The zero-order valence-electron chi connectivity index (χ0n) is 15.0. The lowest BCUT2D eigenvalue weighted by Crippen LogP contribution is -2.43. The smallest absolute Gasteiger partial charge is 0.325 e. The number of hydrogen-bond acceptors (Lipinski definition) is 3. The largest absolute Gasteiger partial charge is 0.348 e. The molecular weight excluding hydrogens is 366 g/mol. The molecule has 0 spiro atoms. The van der Waals surface area contributed by atoms with Crippen LogP contribution in [0.25, 0.3) is 0 Å². The standard InChI is InChI=1S/C20H20ClN3O3/c1-13(14-6-4-3-5-7-14)22-17(25)12-24-18(26)20(2,23-19(24)27)15-8-10-16(21)11-9-15/h3-11,13H,12H2,1-2H3,(H,22,25)(H,23,27)/t13-,20-/m0/s1. The third kappa shape index (κ3) is 3.80. The van der Waals surface area contributed by atoms with Crippen LogP contribution in [0.4, 0.5) is 4.79 Å². The topological polar surface area (TPSA) is 78.5 Å². The third-order valence-electron chi connectivity index (χ3n) is 4.68. The van der Waals surface area contributed by atoms with E-state index in [0.717, 1.165) is 10.5 Å². The number of nitrogens with zero attached hydrogens (tertiary/aromatic N) is 1. The predicted molar refractivity (Wildman–Crippen MR) is 102 cm³/mol. The Balaban J connectivity index is 1.70. The molecular formula is C20H20ClN3O3. The van der Waals surface area contributed by atoms with Gasteiger partial charge in [-0.05, 0) is 37.1 Å². The summed E-state index contributed by atoms with van der Waals surface area (Å²) in [6, 6.07) is 15.3. The van der Waals surface area contributed by atoms with Crippen LogP contribution in [-0.2, 0) is 15.1 Å². The molecule has 3 rings (SSSR count). The van der Waals surface area contributed by atoms with E-state index < -0.39 is 23.4 Å². The van der Waals surface area contributed by atoms with Crippen LogP contribution in [-0.4, -0.2) is 29.3 Å². The highest BCUT2D eigenvalue weighted by molar-refractivity contribution is 6.30. The predicted octanol–water partition coefficient (Wildman–Crippen LogP) is 2.98. The number of urea groups is 1. The summed E-state index contributed by atoms with van der Waals surface area (Å²) in [6.45, 7) is 3.11. The van der Waals surface area contributed by atoms with Crippen molar-refractivity contribution in [3.8, 4) is 0 Å². The summed E-state index contributed by atoms with van der Waals surface area (Å²) in [5.74, 6) is -0.882. The molecule has 0 aromatic heterocycles. The van der Waals surface area contributed by atoms with Crippen molar-refractivity contribution in [1.29, 1.82) is 0 Å². The van der Waals surface area contributed by atoms with Gasteiger partial charge in [0.05, 0.1) is 6.04 Å². The van der Waals surface area contributed by atoms with E-state index in [2.05, 4.69) is 10.6 Å². The maximum absolute atomic E-state index is 12.8. The van der Waals surface area contributed by atoms with Gasteiger partial charge in [0.1, 0.15) is 12.1 Å². The molecule has 0 unspecified atom stereocenters. The first-order chi connectivity index (χ1) is 12.8. The van der Waals surface area contributed by atoms with Crippen LogP contribution in [0.5, 0.6) is 0 Å². The molecule has 2 aromatic rings. The van der Waals surface area contributed by atoms with E-state index in [-0.39, 0.29) is 12.6 Å². The first kappa shape index (κ1) is 18.9. The van der Waals surface area contributed by atoms with Crippen LogP contribution < -0.4 is 10.6 Å². The van der Waals surface area contributed by atoms with E-state index in [1.165, 1.54) is 0 Å². The minimum absolute atomic E-state index is 0.234. The zero-order chi connectivity index (χ0) is 19.6. The number of hydrogen-bond donors (Lipinski definition) is 2. The van der Waals surface area contributed by atoms with E-state index in [1.54, 1.807) is 31.2 Å². The van der Waals surface area contributed by atoms with Crippen molar-refractivity contribution < 1.29 is 14.4 Å². The van der Waals surface area contributed by atoms with Gasteiger partial charge in [-0.15, -0.1) is 0 Å². The second kappa shape index (κ2) is 7.40. The Kier molecular flexibility index (Phi) is 5.19. The number of amides is 4. The first-order valence-corrected chi connectivity index (χ1v) is 8.93. The van der Waals surface area contributed by atoms with Crippen LogP contribution in [0.3, 0.4) is 0 Å². The Labute approximate surface area is 162 Å². The van der Waals surface area contributed by atoms with Gasteiger partial charge >= 0.3 is 6.03 Å². The fraction of sp³-hybridized carbons (Fsp3) is 0.250. The van der Waals surface area contributed by atoms with Gasteiger partial charge in [0.15, 0.2) is 0 Å². The Morgan fingerprint density at radius 1 is 1.15 bits per heavy atom. The number of nitrogens with one attached hydrogen (secondary N) is 2. The Hall–Kier alpha value is -2.86. The van der Waals surface area contributed by atoms with Crippen molar-refractivity contribution in [3.63, 3.8) is 0 Å². The molecule has 0 radical (unpaired) electrons. The van der Waals surface area contributed by atoms with Gasteiger partial charge in [0, 0.05) is 5.02 Å². The molecule has 2 atom stereocenters. The monoisotopic (exact) mass is 385 g/mol. The molecule has 4 amide bonds. The minimum atomic E-state index is -1.23. The van der Waals surface area contributed by atoms with E-state index in [0.29, 0.717) is 10.6 Å². The van der Waals surface area contributed by atoms with Crippen molar-refractivity contribution in [3.05, 3.63) is 70.7 Å². The lowest BCUT2D eigenvalue weighted by atomic mass is 9.92. The summed E-state index contributed by atoms with van der Waals surface area (Å²) in [7, 11) is 0. The highest BCUT2D eigenvalue weighted by Gasteiger charge is 2.49. The van der Waals surface area contributed by atoms with Crippen molar-refractivity contribution >= 4 is 29.4 Å². The van der Waals surface area contributed by atoms with Gasteiger partial charge < -0.3 is 10.6 Å². The van der Waals surface area contributed by atoms with Crippen molar-refractivity contribution in [2.75, 3.05) is 6.54 Å². The van der Waals surface area contributed by atoms with Gasteiger partial charge in [-0.3, -0.25) is 14.5 Å². The Morgan fingerprint density at radius 2 is 1.78 bits per heavy atom. The molecule has 2 N–H and O–H groups in total. The summed E-state index contributed by atoms with van der Waals surface area (Å²) in [5, 5.41) is 6.01. The van der Waals surface area contributed by atoms with Crippen molar-refractivity contribution in [2.24, 2.45) is 0 Å². The summed E-state index contributed by atoms with van der Waals surface area (Å²) >= 11 is 5.89. The van der Waals surface area contributed by atoms with Gasteiger partial charge in [-0.25, -0.2) is 4.79 Å². The fourth-order valence-electron chi connectivity index (χ4n) is 3.08. The molecule has 1 heterocycles. The number of carbonyl (C=O) groups excluding carboxylic acids is 3. The average Bonchev–Trinajstić information content (AvgIpc) is 2.87. The summed E-state index contributed by atoms with van der Waals surface area (Å²) in [5.41, 5.74) is 0.312. The molecule has 6 nitrogen and oxygen atoms in total. The lowest BCUT2D eigenvalue weighted by molar-refractivity contribution is -0.135. The Bertz CT molecular complexity index is 870. The summed E-state index contributed by atoms with van der Waals surface area (Å²) in [6.07, 6.45) is 0. The van der Waals surface area contributed by atoms with E-state index in [1.807, 2.05) is 37.3 Å². The molecule has 0 saturated carbocycles. The van der Waals surface area contributed by atoms with Crippen LogP contribution in [0, 0.1) is 0 Å². The maximum atomic E-state index is 12.8. The average molecular weight is 386 g/mol. The fourth-order valence-corrected chi connectivity index (χ4v) is 3.20. The van der Waals surface area contributed by atoms with Gasteiger partial charge in [0.25, 0.3) is 5.91 Å². The van der Waals surface area contributed by atoms with Gasteiger partial charge in [-0.2, -0.15) is 0 Å². The highest BCUT2D eigenvalue weighted by atomic mass is 35.5. The lowest BCUT2D eigenvalue weighted by Gasteiger charge is -2.22.